The van der Waals surface area contributed by atoms with Gasteiger partial charge in [0.2, 0.25) is 0 Å². The van der Waals surface area contributed by atoms with Crippen LogP contribution in [-0.4, -0.2) is 26.9 Å². The molecule has 0 saturated heterocycles. The molecule has 1 atom stereocenters. The van der Waals surface area contributed by atoms with E-state index in [0.29, 0.717) is 12.2 Å². The van der Waals surface area contributed by atoms with Crippen molar-refractivity contribution >= 4 is 23.9 Å². The van der Waals surface area contributed by atoms with Crippen LogP contribution >= 0.6 is 11.6 Å². The van der Waals surface area contributed by atoms with Crippen molar-refractivity contribution in [1.29, 1.82) is 0 Å². The normalized spacial score (nSPS) is 11.9. The lowest BCUT2D eigenvalue weighted by Crippen LogP contribution is -2.10. The third kappa shape index (κ3) is 5.16. The first-order valence-corrected chi connectivity index (χ1v) is 10.5. The summed E-state index contributed by atoms with van der Waals surface area (Å²) in [5.41, 5.74) is 3.30. The number of hydrogen-bond donors (Lipinski definition) is 1. The molecule has 1 N–H and O–H groups in total. The number of halogens is 1. The van der Waals surface area contributed by atoms with Gasteiger partial charge in [0.1, 0.15) is 11.5 Å². The maximum atomic E-state index is 11.5. The predicted octanol–water partition coefficient (Wildman–Crippen LogP) is 5.35. The van der Waals surface area contributed by atoms with Crippen LogP contribution in [0.25, 0.3) is 0 Å². The van der Waals surface area contributed by atoms with Gasteiger partial charge in [-0.15, -0.1) is 0 Å². The molecule has 2 aromatic carbocycles. The molecule has 1 heterocycles. The van der Waals surface area contributed by atoms with Gasteiger partial charge in [-0.25, -0.2) is 4.98 Å². The minimum Gasteiger partial charge on any atom is -0.481 e. The third-order valence-electron chi connectivity index (χ3n) is 5.21. The van der Waals surface area contributed by atoms with Crippen LogP contribution in [0.5, 0.6) is 0 Å². The number of aliphatic carboxylic acids is 1. The molecule has 5 nitrogen and oxygen atoms in total. The number of aromatic nitrogens is 2. The molecule has 0 fully saturated rings. The fourth-order valence-corrected chi connectivity index (χ4v) is 3.87. The third-order valence-corrected chi connectivity index (χ3v) is 5.49. The molecule has 30 heavy (non-hydrogen) atoms. The van der Waals surface area contributed by atoms with Gasteiger partial charge in [0.15, 0.2) is 11.4 Å². The lowest BCUT2D eigenvalue weighted by atomic mass is 9.88. The summed E-state index contributed by atoms with van der Waals surface area (Å²) in [6, 6.07) is 17.5. The quantitative estimate of drug-likeness (QED) is 0.445. The van der Waals surface area contributed by atoms with E-state index in [1.807, 2.05) is 59.2 Å². The molecule has 1 aromatic heterocycles. The minimum absolute atomic E-state index is 0.0247. The molecule has 6 heteroatoms. The number of carboxylic acid groups (broad SMARTS) is 1. The smallest absolute Gasteiger partial charge is 0.304 e. The van der Waals surface area contributed by atoms with Crippen LogP contribution in [0, 0.1) is 0 Å². The first-order valence-electron chi connectivity index (χ1n) is 10.1. The highest BCUT2D eigenvalue weighted by Gasteiger charge is 2.19. The predicted molar refractivity (Wildman–Crippen MR) is 117 cm³/mol. The van der Waals surface area contributed by atoms with Gasteiger partial charge in [-0.1, -0.05) is 79.5 Å². The van der Waals surface area contributed by atoms with Gasteiger partial charge in [-0.3, -0.25) is 9.59 Å². The first-order chi connectivity index (χ1) is 14.5. The van der Waals surface area contributed by atoms with Crippen molar-refractivity contribution in [3.8, 4) is 0 Å². The van der Waals surface area contributed by atoms with E-state index >= 15 is 0 Å². The van der Waals surface area contributed by atoms with Gasteiger partial charge < -0.3 is 9.67 Å². The standard InChI is InChI=1S/C24H25ClN2O3/c1-2-3-9-22-26-24(25)21(16-28)27(22)15-17-10-12-19(13-11-17)20(14-23(29)30)18-7-5-4-6-8-18/h4-8,10-13,16,20H,2-3,9,14-15H2,1H3,(H,29,30). The largest absolute Gasteiger partial charge is 0.481 e. The Balaban J connectivity index is 1.87. The van der Waals surface area contributed by atoms with Crippen LogP contribution in [0.2, 0.25) is 5.15 Å². The second-order valence-corrected chi connectivity index (χ2v) is 7.67. The van der Waals surface area contributed by atoms with Crippen LogP contribution in [0.4, 0.5) is 0 Å². The lowest BCUT2D eigenvalue weighted by Gasteiger charge is -2.17. The van der Waals surface area contributed by atoms with Crippen LogP contribution in [0.15, 0.2) is 54.6 Å². The summed E-state index contributed by atoms with van der Waals surface area (Å²) >= 11 is 6.16. The van der Waals surface area contributed by atoms with Crippen molar-refractivity contribution in [2.75, 3.05) is 0 Å². The van der Waals surface area contributed by atoms with Gasteiger partial charge in [-0.05, 0) is 23.1 Å². The summed E-state index contributed by atoms with van der Waals surface area (Å²) in [6.07, 6.45) is 3.53. The number of imidazole rings is 1. The lowest BCUT2D eigenvalue weighted by molar-refractivity contribution is -0.137. The molecule has 0 aliphatic heterocycles. The van der Waals surface area contributed by atoms with Gasteiger partial charge in [0.05, 0.1) is 6.42 Å². The number of nitrogens with zero attached hydrogens (tertiary/aromatic N) is 2. The van der Waals surface area contributed by atoms with Crippen LogP contribution in [0.3, 0.4) is 0 Å². The number of unbranched alkanes of at least 4 members (excludes halogenated alkanes) is 1. The second-order valence-electron chi connectivity index (χ2n) is 7.31. The molecule has 0 amide bonds. The Morgan fingerprint density at radius 1 is 1.13 bits per heavy atom. The Morgan fingerprint density at radius 2 is 1.80 bits per heavy atom. The molecule has 0 spiro atoms. The van der Waals surface area contributed by atoms with Crippen LogP contribution < -0.4 is 0 Å². The molecule has 0 saturated carbocycles. The van der Waals surface area contributed by atoms with Crippen LogP contribution in [-0.2, 0) is 17.8 Å². The van der Waals surface area contributed by atoms with Crippen molar-refractivity contribution in [2.24, 2.45) is 0 Å². The van der Waals surface area contributed by atoms with E-state index in [9.17, 15) is 14.7 Å². The summed E-state index contributed by atoms with van der Waals surface area (Å²) in [7, 11) is 0. The minimum atomic E-state index is -0.836. The molecule has 0 radical (unpaired) electrons. The van der Waals surface area contributed by atoms with E-state index in [1.54, 1.807) is 0 Å². The fourth-order valence-electron chi connectivity index (χ4n) is 3.62. The molecule has 3 rings (SSSR count). The van der Waals surface area contributed by atoms with Crippen molar-refractivity contribution in [3.63, 3.8) is 0 Å². The maximum absolute atomic E-state index is 11.5. The molecule has 0 aliphatic rings. The Labute approximate surface area is 181 Å². The van der Waals surface area contributed by atoms with Crippen molar-refractivity contribution in [1.82, 2.24) is 9.55 Å². The van der Waals surface area contributed by atoms with Gasteiger partial charge in [0, 0.05) is 18.9 Å². The maximum Gasteiger partial charge on any atom is 0.304 e. The van der Waals surface area contributed by atoms with Crippen molar-refractivity contribution < 1.29 is 14.7 Å². The number of benzene rings is 2. The molecule has 1 unspecified atom stereocenters. The summed E-state index contributed by atoms with van der Waals surface area (Å²) in [5.74, 6) is -0.246. The number of aryl methyl sites for hydroxylation is 1. The second kappa shape index (κ2) is 10.2. The summed E-state index contributed by atoms with van der Waals surface area (Å²) in [5, 5.41) is 9.60. The molecular formula is C24H25ClN2O3. The number of aldehydes is 1. The fraction of sp³-hybridized carbons (Fsp3) is 0.292. The van der Waals surface area contributed by atoms with Crippen molar-refractivity contribution in [2.45, 2.75) is 45.1 Å². The number of carboxylic acids is 1. The van der Waals surface area contributed by atoms with Gasteiger partial charge >= 0.3 is 5.97 Å². The number of hydrogen-bond acceptors (Lipinski definition) is 3. The molecule has 0 bridgehead atoms. The summed E-state index contributed by atoms with van der Waals surface area (Å²) in [6.45, 7) is 2.59. The highest BCUT2D eigenvalue weighted by molar-refractivity contribution is 6.31. The topological polar surface area (TPSA) is 72.2 Å². The zero-order valence-electron chi connectivity index (χ0n) is 16.9. The molecule has 3 aromatic rings. The molecule has 156 valence electrons. The van der Waals surface area contributed by atoms with E-state index in [1.165, 1.54) is 0 Å². The van der Waals surface area contributed by atoms with Crippen molar-refractivity contribution in [3.05, 3.63) is 88.0 Å². The Kier molecular flexibility index (Phi) is 7.41. The summed E-state index contributed by atoms with van der Waals surface area (Å²) < 4.78 is 1.87. The van der Waals surface area contributed by atoms with E-state index < -0.39 is 5.97 Å². The average molecular weight is 425 g/mol. The first kappa shape index (κ1) is 21.8. The van der Waals surface area contributed by atoms with E-state index in [-0.39, 0.29) is 17.5 Å². The Bertz CT molecular complexity index is 997. The monoisotopic (exact) mass is 424 g/mol. The Hall–Kier alpha value is -2.92. The van der Waals surface area contributed by atoms with Gasteiger partial charge in [0.25, 0.3) is 0 Å². The number of carbonyl (C=O) groups is 2. The average Bonchev–Trinajstić information content (AvgIpc) is 3.05. The highest BCUT2D eigenvalue weighted by atomic mass is 35.5. The van der Waals surface area contributed by atoms with Crippen LogP contribution in [0.1, 0.15) is 65.1 Å². The van der Waals surface area contributed by atoms with Gasteiger partial charge in [-0.2, -0.15) is 0 Å². The SMILES string of the molecule is CCCCc1nc(Cl)c(C=O)n1Cc1ccc(C(CC(=O)O)c2ccccc2)cc1. The Morgan fingerprint density at radius 3 is 2.40 bits per heavy atom. The zero-order chi connectivity index (χ0) is 21.5. The molecule has 0 aliphatic carbocycles. The van der Waals surface area contributed by atoms with E-state index in [4.69, 9.17) is 11.6 Å². The van der Waals surface area contributed by atoms with E-state index in [0.717, 1.165) is 48.1 Å². The number of rotatable bonds is 10. The number of carbonyl (C=O) groups excluding carboxylic acids is 1. The molecular weight excluding hydrogens is 400 g/mol. The van der Waals surface area contributed by atoms with E-state index in [2.05, 4.69) is 11.9 Å². The highest BCUT2D eigenvalue weighted by Crippen LogP contribution is 2.28. The zero-order valence-corrected chi connectivity index (χ0v) is 17.7. The summed E-state index contributed by atoms with van der Waals surface area (Å²) in [4.78, 5) is 27.3.